The van der Waals surface area contributed by atoms with Gasteiger partial charge in [-0.15, -0.1) is 0 Å². The van der Waals surface area contributed by atoms with Gasteiger partial charge in [-0.3, -0.25) is 0 Å². The Balaban J connectivity index is 2.19. The molecule has 100 valence electrons. The summed E-state index contributed by atoms with van der Waals surface area (Å²) in [6.07, 6.45) is 0. The van der Waals surface area contributed by atoms with Gasteiger partial charge in [0.15, 0.2) is 0 Å². The normalized spacial score (nSPS) is 10.3. The standard InChI is InChI=1S/C14H12Br3NO/c1-19-10-5-6-11(15)9(7-10)8-18-14-12(16)3-2-4-13(14)17/h2-7,18H,8H2,1H3. The van der Waals surface area contributed by atoms with Gasteiger partial charge in [0.2, 0.25) is 0 Å². The average molecular weight is 450 g/mol. The van der Waals surface area contributed by atoms with Crippen molar-refractivity contribution < 1.29 is 4.74 Å². The van der Waals surface area contributed by atoms with Crippen molar-refractivity contribution in [3.63, 3.8) is 0 Å². The quantitative estimate of drug-likeness (QED) is 0.656. The van der Waals surface area contributed by atoms with Crippen LogP contribution < -0.4 is 10.1 Å². The monoisotopic (exact) mass is 447 g/mol. The van der Waals surface area contributed by atoms with Crippen molar-refractivity contribution in [3.8, 4) is 5.75 Å². The fourth-order valence-electron chi connectivity index (χ4n) is 1.66. The Morgan fingerprint density at radius 3 is 2.32 bits per heavy atom. The van der Waals surface area contributed by atoms with Gasteiger partial charge in [0.05, 0.1) is 12.8 Å². The first-order valence-electron chi connectivity index (χ1n) is 5.62. The van der Waals surface area contributed by atoms with E-state index >= 15 is 0 Å². The van der Waals surface area contributed by atoms with Crippen molar-refractivity contribution in [2.24, 2.45) is 0 Å². The lowest BCUT2D eigenvalue weighted by Gasteiger charge is -2.12. The molecule has 0 fully saturated rings. The molecule has 0 saturated heterocycles. The van der Waals surface area contributed by atoms with E-state index in [0.29, 0.717) is 6.54 Å². The molecule has 0 radical (unpaired) electrons. The highest BCUT2D eigenvalue weighted by atomic mass is 79.9. The van der Waals surface area contributed by atoms with Gasteiger partial charge in [0.1, 0.15) is 5.75 Å². The van der Waals surface area contributed by atoms with Crippen molar-refractivity contribution in [2.75, 3.05) is 12.4 Å². The van der Waals surface area contributed by atoms with Crippen LogP contribution in [0.3, 0.4) is 0 Å². The molecule has 2 aromatic rings. The zero-order chi connectivity index (χ0) is 13.8. The van der Waals surface area contributed by atoms with Gasteiger partial charge in [-0.25, -0.2) is 0 Å². The third-order valence-corrected chi connectivity index (χ3v) is 4.77. The summed E-state index contributed by atoms with van der Waals surface area (Å²) in [5.41, 5.74) is 2.18. The Morgan fingerprint density at radius 1 is 1.00 bits per heavy atom. The number of hydrogen-bond acceptors (Lipinski definition) is 2. The lowest BCUT2D eigenvalue weighted by atomic mass is 10.2. The van der Waals surface area contributed by atoms with Gasteiger partial charge < -0.3 is 10.1 Å². The molecule has 0 heterocycles. The summed E-state index contributed by atoms with van der Waals surface area (Å²) in [6.45, 7) is 0.707. The summed E-state index contributed by atoms with van der Waals surface area (Å²) in [5.74, 6) is 0.853. The van der Waals surface area contributed by atoms with E-state index in [0.717, 1.165) is 30.4 Å². The van der Waals surface area contributed by atoms with Gasteiger partial charge in [-0.05, 0) is 67.8 Å². The summed E-state index contributed by atoms with van der Waals surface area (Å²) >= 11 is 10.6. The number of nitrogens with one attached hydrogen (secondary N) is 1. The second kappa shape index (κ2) is 6.77. The first kappa shape index (κ1) is 14.9. The van der Waals surface area contributed by atoms with Crippen molar-refractivity contribution in [1.29, 1.82) is 0 Å². The summed E-state index contributed by atoms with van der Waals surface area (Å²) in [5, 5.41) is 3.41. The van der Waals surface area contributed by atoms with Crippen LogP contribution in [0.5, 0.6) is 5.75 Å². The Hall–Kier alpha value is -0.520. The van der Waals surface area contributed by atoms with Crippen LogP contribution in [0.25, 0.3) is 0 Å². The van der Waals surface area contributed by atoms with Crippen molar-refractivity contribution >= 4 is 53.5 Å². The molecule has 0 aromatic heterocycles. The first-order valence-corrected chi connectivity index (χ1v) is 8.00. The van der Waals surface area contributed by atoms with Crippen molar-refractivity contribution in [2.45, 2.75) is 6.54 Å². The topological polar surface area (TPSA) is 21.3 Å². The number of methoxy groups -OCH3 is 1. The number of rotatable bonds is 4. The molecule has 19 heavy (non-hydrogen) atoms. The molecule has 0 spiro atoms. The molecule has 0 bridgehead atoms. The minimum absolute atomic E-state index is 0.707. The Labute approximate surface area is 137 Å². The number of anilines is 1. The van der Waals surface area contributed by atoms with Crippen LogP contribution in [0.2, 0.25) is 0 Å². The molecule has 5 heteroatoms. The molecule has 0 saturated carbocycles. The van der Waals surface area contributed by atoms with Crippen LogP contribution in [0.4, 0.5) is 5.69 Å². The van der Waals surface area contributed by atoms with E-state index in [1.54, 1.807) is 7.11 Å². The zero-order valence-electron chi connectivity index (χ0n) is 10.2. The highest BCUT2D eigenvalue weighted by molar-refractivity contribution is 9.11. The summed E-state index contributed by atoms with van der Waals surface area (Å²) < 4.78 is 8.36. The molecule has 0 amide bonds. The van der Waals surface area contributed by atoms with Crippen LogP contribution in [-0.4, -0.2) is 7.11 Å². The summed E-state index contributed by atoms with van der Waals surface area (Å²) in [4.78, 5) is 0. The van der Waals surface area contributed by atoms with E-state index in [9.17, 15) is 0 Å². The molecule has 2 nitrogen and oxygen atoms in total. The lowest BCUT2D eigenvalue weighted by Crippen LogP contribution is -2.02. The van der Waals surface area contributed by atoms with Crippen LogP contribution in [0.1, 0.15) is 5.56 Å². The molecule has 0 aliphatic heterocycles. The van der Waals surface area contributed by atoms with Gasteiger partial charge in [-0.2, -0.15) is 0 Å². The predicted molar refractivity (Wildman–Crippen MR) is 89.9 cm³/mol. The molecule has 2 rings (SSSR count). The SMILES string of the molecule is COc1ccc(Br)c(CNc2c(Br)cccc2Br)c1. The molecular formula is C14H12Br3NO. The number of benzene rings is 2. The zero-order valence-corrected chi connectivity index (χ0v) is 15.0. The number of halogens is 3. The minimum atomic E-state index is 0.707. The van der Waals surface area contributed by atoms with Crippen LogP contribution in [-0.2, 0) is 6.54 Å². The first-order chi connectivity index (χ1) is 9.11. The number of ether oxygens (including phenoxy) is 1. The Kier molecular flexibility index (Phi) is 5.30. The predicted octanol–water partition coefficient (Wildman–Crippen LogP) is 5.59. The maximum Gasteiger partial charge on any atom is 0.119 e. The van der Waals surface area contributed by atoms with E-state index < -0.39 is 0 Å². The number of hydrogen-bond donors (Lipinski definition) is 1. The van der Waals surface area contributed by atoms with Crippen molar-refractivity contribution in [1.82, 2.24) is 0 Å². The largest absolute Gasteiger partial charge is 0.497 e. The van der Waals surface area contributed by atoms with E-state index in [2.05, 4.69) is 53.1 Å². The van der Waals surface area contributed by atoms with E-state index in [-0.39, 0.29) is 0 Å². The molecular weight excluding hydrogens is 438 g/mol. The molecule has 0 aliphatic carbocycles. The maximum atomic E-state index is 5.24. The molecule has 2 aromatic carbocycles. The number of para-hydroxylation sites is 1. The molecule has 0 aliphatic rings. The van der Waals surface area contributed by atoms with E-state index in [1.165, 1.54) is 0 Å². The third kappa shape index (κ3) is 3.74. The second-order valence-corrected chi connectivity index (χ2v) is 6.47. The van der Waals surface area contributed by atoms with Gasteiger partial charge in [0.25, 0.3) is 0 Å². The molecule has 0 unspecified atom stereocenters. The fourth-order valence-corrected chi connectivity index (χ4v) is 3.33. The second-order valence-electron chi connectivity index (χ2n) is 3.91. The molecule has 1 N–H and O–H groups in total. The van der Waals surface area contributed by atoms with Crippen molar-refractivity contribution in [3.05, 3.63) is 55.4 Å². The Morgan fingerprint density at radius 2 is 1.68 bits per heavy atom. The third-order valence-electron chi connectivity index (χ3n) is 2.67. The lowest BCUT2D eigenvalue weighted by molar-refractivity contribution is 0.414. The smallest absolute Gasteiger partial charge is 0.119 e. The summed E-state index contributed by atoms with van der Waals surface area (Å²) in [6, 6.07) is 11.9. The fraction of sp³-hybridized carbons (Fsp3) is 0.143. The van der Waals surface area contributed by atoms with Gasteiger partial charge >= 0.3 is 0 Å². The van der Waals surface area contributed by atoms with Crippen LogP contribution in [0.15, 0.2) is 49.8 Å². The van der Waals surface area contributed by atoms with Crippen LogP contribution >= 0.6 is 47.8 Å². The van der Waals surface area contributed by atoms with E-state index in [4.69, 9.17) is 4.74 Å². The average Bonchev–Trinajstić information content (AvgIpc) is 2.40. The van der Waals surface area contributed by atoms with Crippen LogP contribution in [0, 0.1) is 0 Å². The maximum absolute atomic E-state index is 5.24. The van der Waals surface area contributed by atoms with Gasteiger partial charge in [-0.1, -0.05) is 22.0 Å². The molecule has 0 atom stereocenters. The van der Waals surface area contributed by atoms with E-state index in [1.807, 2.05) is 36.4 Å². The highest BCUT2D eigenvalue weighted by Crippen LogP contribution is 2.32. The minimum Gasteiger partial charge on any atom is -0.497 e. The Bertz CT molecular complexity index is 567. The van der Waals surface area contributed by atoms with Gasteiger partial charge in [0, 0.05) is 20.0 Å². The summed E-state index contributed by atoms with van der Waals surface area (Å²) in [7, 11) is 1.67. The highest BCUT2D eigenvalue weighted by Gasteiger charge is 2.06.